The SMILES string of the molecule is CC(C)Oc1cc(NC2CCCCC2)c(N)cc1F. The van der Waals surface area contributed by atoms with Crippen LogP contribution >= 0.6 is 0 Å². The maximum atomic E-state index is 13.7. The molecule has 4 heteroatoms. The number of nitrogens with two attached hydrogens (primary N) is 1. The van der Waals surface area contributed by atoms with Crippen LogP contribution in [0.5, 0.6) is 5.75 Å². The van der Waals surface area contributed by atoms with Gasteiger partial charge in [0.05, 0.1) is 17.5 Å². The topological polar surface area (TPSA) is 47.3 Å². The third-order valence-corrected chi connectivity index (χ3v) is 3.43. The van der Waals surface area contributed by atoms with Crippen molar-refractivity contribution in [2.75, 3.05) is 11.1 Å². The average Bonchev–Trinajstić information content (AvgIpc) is 2.36. The molecule has 0 aliphatic heterocycles. The summed E-state index contributed by atoms with van der Waals surface area (Å²) in [6.07, 6.45) is 6.04. The molecule has 0 saturated heterocycles. The normalized spacial score (nSPS) is 16.6. The third kappa shape index (κ3) is 3.75. The highest BCUT2D eigenvalue weighted by Crippen LogP contribution is 2.31. The molecule has 0 atom stereocenters. The van der Waals surface area contributed by atoms with Crippen molar-refractivity contribution < 1.29 is 9.13 Å². The van der Waals surface area contributed by atoms with Gasteiger partial charge in [-0.15, -0.1) is 0 Å². The van der Waals surface area contributed by atoms with E-state index in [1.165, 1.54) is 25.3 Å². The molecule has 0 unspecified atom stereocenters. The lowest BCUT2D eigenvalue weighted by atomic mass is 9.95. The summed E-state index contributed by atoms with van der Waals surface area (Å²) in [5, 5.41) is 3.42. The van der Waals surface area contributed by atoms with Gasteiger partial charge in [-0.05, 0) is 26.7 Å². The molecule has 0 amide bonds. The molecule has 3 nitrogen and oxygen atoms in total. The molecule has 0 bridgehead atoms. The van der Waals surface area contributed by atoms with E-state index in [-0.39, 0.29) is 11.9 Å². The largest absolute Gasteiger partial charge is 0.488 e. The van der Waals surface area contributed by atoms with E-state index in [0.29, 0.717) is 11.7 Å². The van der Waals surface area contributed by atoms with E-state index >= 15 is 0 Å². The first-order chi connectivity index (χ1) is 9.06. The molecule has 0 heterocycles. The van der Waals surface area contributed by atoms with Crippen LogP contribution in [0.1, 0.15) is 46.0 Å². The predicted octanol–water partition coefficient (Wildman–Crippen LogP) is 3.94. The first-order valence-corrected chi connectivity index (χ1v) is 7.08. The molecule has 0 radical (unpaired) electrons. The third-order valence-electron chi connectivity index (χ3n) is 3.43. The standard InChI is InChI=1S/C15H23FN2O/c1-10(2)19-15-9-14(13(17)8-12(15)16)18-11-6-4-3-5-7-11/h8-11,18H,3-7,17H2,1-2H3. The molecule has 3 N–H and O–H groups in total. The van der Waals surface area contributed by atoms with Gasteiger partial charge >= 0.3 is 0 Å². The van der Waals surface area contributed by atoms with Crippen molar-refractivity contribution in [3.63, 3.8) is 0 Å². The van der Waals surface area contributed by atoms with Gasteiger partial charge in [0, 0.05) is 18.2 Å². The van der Waals surface area contributed by atoms with Crippen LogP contribution < -0.4 is 15.8 Å². The van der Waals surface area contributed by atoms with Crippen molar-refractivity contribution in [1.29, 1.82) is 0 Å². The van der Waals surface area contributed by atoms with Gasteiger partial charge in [-0.3, -0.25) is 0 Å². The number of benzene rings is 1. The molecular formula is C15H23FN2O. The van der Waals surface area contributed by atoms with Gasteiger partial charge in [0.2, 0.25) is 0 Å². The molecule has 1 saturated carbocycles. The number of nitrogens with one attached hydrogen (secondary N) is 1. The van der Waals surface area contributed by atoms with E-state index in [4.69, 9.17) is 10.5 Å². The summed E-state index contributed by atoms with van der Waals surface area (Å²) in [5.74, 6) is -0.136. The average molecular weight is 266 g/mol. The van der Waals surface area contributed by atoms with Crippen LogP contribution in [-0.4, -0.2) is 12.1 Å². The molecule has 1 aliphatic carbocycles. The first-order valence-electron chi connectivity index (χ1n) is 7.08. The Morgan fingerprint density at radius 1 is 1.26 bits per heavy atom. The smallest absolute Gasteiger partial charge is 0.167 e. The van der Waals surface area contributed by atoms with Gasteiger partial charge in [-0.25, -0.2) is 4.39 Å². The molecule has 0 aromatic heterocycles. The summed E-state index contributed by atoms with van der Waals surface area (Å²) < 4.78 is 19.2. The molecule has 1 aliphatic rings. The van der Waals surface area contributed by atoms with Gasteiger partial charge in [-0.1, -0.05) is 19.3 Å². The lowest BCUT2D eigenvalue weighted by Gasteiger charge is -2.25. The van der Waals surface area contributed by atoms with Crippen molar-refractivity contribution in [3.05, 3.63) is 17.9 Å². The maximum Gasteiger partial charge on any atom is 0.167 e. The summed E-state index contributed by atoms with van der Waals surface area (Å²) in [5.41, 5.74) is 7.11. The number of halogens is 1. The van der Waals surface area contributed by atoms with Crippen molar-refractivity contribution in [1.82, 2.24) is 0 Å². The highest BCUT2D eigenvalue weighted by molar-refractivity contribution is 5.69. The van der Waals surface area contributed by atoms with Crippen LogP contribution in [0.15, 0.2) is 12.1 Å². The maximum absolute atomic E-state index is 13.7. The van der Waals surface area contributed by atoms with Crippen molar-refractivity contribution in [3.8, 4) is 5.75 Å². The zero-order valence-electron chi connectivity index (χ0n) is 11.7. The molecule has 19 heavy (non-hydrogen) atoms. The summed E-state index contributed by atoms with van der Waals surface area (Å²) in [7, 11) is 0. The van der Waals surface area contributed by atoms with Gasteiger partial charge in [0.15, 0.2) is 11.6 Å². The van der Waals surface area contributed by atoms with Gasteiger partial charge in [0.1, 0.15) is 0 Å². The minimum absolute atomic E-state index is 0.0549. The summed E-state index contributed by atoms with van der Waals surface area (Å²) in [4.78, 5) is 0. The van der Waals surface area contributed by atoms with Crippen molar-refractivity contribution in [2.45, 2.75) is 58.1 Å². The van der Waals surface area contributed by atoms with E-state index in [9.17, 15) is 4.39 Å². The molecule has 1 aromatic carbocycles. The quantitative estimate of drug-likeness (QED) is 0.811. The molecular weight excluding hydrogens is 243 g/mol. The number of rotatable bonds is 4. The Labute approximate surface area is 114 Å². The van der Waals surface area contributed by atoms with Crippen LogP contribution in [0.3, 0.4) is 0 Å². The van der Waals surface area contributed by atoms with E-state index in [1.54, 1.807) is 6.07 Å². The Hall–Kier alpha value is -1.45. The van der Waals surface area contributed by atoms with Gasteiger partial charge < -0.3 is 15.8 Å². The highest BCUT2D eigenvalue weighted by Gasteiger charge is 2.16. The molecule has 106 valence electrons. The fourth-order valence-corrected chi connectivity index (χ4v) is 2.50. The van der Waals surface area contributed by atoms with Crippen LogP contribution in [0, 0.1) is 5.82 Å². The lowest BCUT2D eigenvalue weighted by Crippen LogP contribution is -2.23. The number of hydrogen-bond acceptors (Lipinski definition) is 3. The van der Waals surface area contributed by atoms with Crippen molar-refractivity contribution in [2.24, 2.45) is 0 Å². The zero-order valence-corrected chi connectivity index (χ0v) is 11.7. The molecule has 0 spiro atoms. The molecule has 2 rings (SSSR count). The Balaban J connectivity index is 2.14. The van der Waals surface area contributed by atoms with E-state index in [0.717, 1.165) is 18.5 Å². The van der Waals surface area contributed by atoms with E-state index in [1.807, 2.05) is 13.8 Å². The monoisotopic (exact) mass is 266 g/mol. The summed E-state index contributed by atoms with van der Waals surface area (Å²) in [6, 6.07) is 3.45. The number of anilines is 2. The fraction of sp³-hybridized carbons (Fsp3) is 0.600. The molecule has 1 fully saturated rings. The summed E-state index contributed by atoms with van der Waals surface area (Å²) >= 11 is 0. The predicted molar refractivity (Wildman–Crippen MR) is 77.1 cm³/mol. The number of ether oxygens (including phenoxy) is 1. The fourth-order valence-electron chi connectivity index (χ4n) is 2.50. The Bertz CT molecular complexity index is 428. The number of hydrogen-bond donors (Lipinski definition) is 2. The van der Waals surface area contributed by atoms with Crippen LogP contribution in [0.25, 0.3) is 0 Å². The Kier molecular flexibility index (Phi) is 4.51. The minimum Gasteiger partial charge on any atom is -0.488 e. The minimum atomic E-state index is -0.402. The van der Waals surface area contributed by atoms with Gasteiger partial charge in [0.25, 0.3) is 0 Å². The zero-order chi connectivity index (χ0) is 13.8. The van der Waals surface area contributed by atoms with Crippen LogP contribution in [-0.2, 0) is 0 Å². The second-order valence-corrected chi connectivity index (χ2v) is 5.52. The Morgan fingerprint density at radius 2 is 1.95 bits per heavy atom. The second kappa shape index (κ2) is 6.13. The van der Waals surface area contributed by atoms with E-state index in [2.05, 4.69) is 5.32 Å². The second-order valence-electron chi connectivity index (χ2n) is 5.52. The molecule has 1 aromatic rings. The van der Waals surface area contributed by atoms with Crippen molar-refractivity contribution >= 4 is 11.4 Å². The highest BCUT2D eigenvalue weighted by atomic mass is 19.1. The summed E-state index contributed by atoms with van der Waals surface area (Å²) in [6.45, 7) is 3.76. The lowest BCUT2D eigenvalue weighted by molar-refractivity contribution is 0.231. The van der Waals surface area contributed by atoms with Gasteiger partial charge in [-0.2, -0.15) is 0 Å². The van der Waals surface area contributed by atoms with Crippen LogP contribution in [0.4, 0.5) is 15.8 Å². The first kappa shape index (κ1) is 14.0. The van der Waals surface area contributed by atoms with E-state index < -0.39 is 5.82 Å². The number of nitrogen functional groups attached to an aromatic ring is 1. The Morgan fingerprint density at radius 3 is 2.58 bits per heavy atom. The van der Waals surface area contributed by atoms with Crippen LogP contribution in [0.2, 0.25) is 0 Å².